The third-order valence-electron chi connectivity index (χ3n) is 5.59. The van der Waals surface area contributed by atoms with Crippen molar-refractivity contribution in [2.24, 2.45) is 0 Å². The van der Waals surface area contributed by atoms with Crippen molar-refractivity contribution in [3.63, 3.8) is 0 Å². The van der Waals surface area contributed by atoms with Crippen LogP contribution in [-0.2, 0) is 6.42 Å². The second kappa shape index (κ2) is 9.58. The third kappa shape index (κ3) is 4.66. The Bertz CT molecular complexity index is 1380. The van der Waals surface area contributed by atoms with Crippen LogP contribution in [0.4, 0.5) is 0 Å². The van der Waals surface area contributed by atoms with Crippen LogP contribution in [0.25, 0.3) is 17.3 Å². The van der Waals surface area contributed by atoms with Crippen molar-refractivity contribution >= 4 is 5.91 Å². The minimum atomic E-state index is -0.344. The molecule has 0 radical (unpaired) electrons. The molecule has 1 N–H and O–H groups in total. The molecular weight excluding hydrogens is 424 g/mol. The van der Waals surface area contributed by atoms with Gasteiger partial charge in [0.05, 0.1) is 18.0 Å². The van der Waals surface area contributed by atoms with E-state index in [2.05, 4.69) is 27.5 Å². The van der Waals surface area contributed by atoms with Gasteiger partial charge in [-0.25, -0.2) is 4.68 Å². The van der Waals surface area contributed by atoms with Crippen LogP contribution in [0.1, 0.15) is 33.4 Å². The van der Waals surface area contributed by atoms with Crippen LogP contribution in [0.2, 0.25) is 0 Å². The molecule has 1 amide bonds. The molecule has 2 aromatic heterocycles. The number of benzene rings is 3. The first-order valence-electron chi connectivity index (χ1n) is 11.1. The number of furan rings is 1. The summed E-state index contributed by atoms with van der Waals surface area (Å²) in [6.07, 6.45) is 2.23. The molecule has 168 valence electrons. The number of carbonyl (C=O) groups excluding carboxylic acids is 1. The lowest BCUT2D eigenvalue weighted by Crippen LogP contribution is -2.31. The summed E-state index contributed by atoms with van der Waals surface area (Å²) in [6, 6.07) is 31.3. The number of rotatable bonds is 7. The fourth-order valence-electron chi connectivity index (χ4n) is 3.92. The van der Waals surface area contributed by atoms with Crippen molar-refractivity contribution in [3.8, 4) is 17.3 Å². The molecule has 0 aliphatic heterocycles. The van der Waals surface area contributed by atoms with E-state index >= 15 is 0 Å². The van der Waals surface area contributed by atoms with Gasteiger partial charge in [0.1, 0.15) is 0 Å². The molecule has 34 heavy (non-hydrogen) atoms. The summed E-state index contributed by atoms with van der Waals surface area (Å²) >= 11 is 0. The zero-order valence-electron chi connectivity index (χ0n) is 18.8. The smallest absolute Gasteiger partial charge is 0.291 e. The van der Waals surface area contributed by atoms with Crippen LogP contribution in [0, 0.1) is 6.92 Å². The summed E-state index contributed by atoms with van der Waals surface area (Å²) in [5.74, 6) is 0.753. The molecule has 0 saturated carbocycles. The van der Waals surface area contributed by atoms with E-state index in [1.165, 1.54) is 0 Å². The van der Waals surface area contributed by atoms with E-state index in [1.54, 1.807) is 23.1 Å². The highest BCUT2D eigenvalue weighted by Crippen LogP contribution is 2.23. The minimum absolute atomic E-state index is 0.0851. The van der Waals surface area contributed by atoms with Gasteiger partial charge >= 0.3 is 0 Å². The van der Waals surface area contributed by atoms with Crippen molar-refractivity contribution in [2.45, 2.75) is 19.4 Å². The molecule has 3 aromatic carbocycles. The largest absolute Gasteiger partial charge is 0.461 e. The number of aryl methyl sites for hydroxylation is 1. The lowest BCUT2D eigenvalue weighted by Gasteiger charge is -2.18. The van der Waals surface area contributed by atoms with E-state index in [9.17, 15) is 4.79 Å². The van der Waals surface area contributed by atoms with E-state index in [-0.39, 0.29) is 17.8 Å². The van der Waals surface area contributed by atoms with Gasteiger partial charge < -0.3 is 9.73 Å². The summed E-state index contributed by atoms with van der Waals surface area (Å²) in [7, 11) is 0. The number of nitrogens with zero attached hydrogens (tertiary/aromatic N) is 3. The maximum atomic E-state index is 13.4. The van der Waals surface area contributed by atoms with Crippen LogP contribution in [0.5, 0.6) is 0 Å². The Kier molecular flexibility index (Phi) is 6.03. The molecule has 6 heteroatoms. The zero-order valence-corrected chi connectivity index (χ0v) is 18.8. The topological polar surface area (TPSA) is 73.0 Å². The highest BCUT2D eigenvalue weighted by molar-refractivity contribution is 5.91. The monoisotopic (exact) mass is 448 g/mol. The van der Waals surface area contributed by atoms with E-state index < -0.39 is 0 Å². The van der Waals surface area contributed by atoms with Gasteiger partial charge in [-0.05, 0) is 54.3 Å². The second-order valence-electron chi connectivity index (χ2n) is 8.11. The van der Waals surface area contributed by atoms with Crippen molar-refractivity contribution in [3.05, 3.63) is 126 Å². The predicted octanol–water partition coefficient (Wildman–Crippen LogP) is 5.55. The van der Waals surface area contributed by atoms with Crippen LogP contribution in [0.3, 0.4) is 0 Å². The zero-order chi connectivity index (χ0) is 23.3. The maximum absolute atomic E-state index is 13.4. The highest BCUT2D eigenvalue weighted by Gasteiger charge is 2.23. The van der Waals surface area contributed by atoms with Crippen LogP contribution < -0.4 is 5.32 Å². The Hall–Kier alpha value is -4.45. The molecule has 1 unspecified atom stereocenters. The van der Waals surface area contributed by atoms with E-state index in [4.69, 9.17) is 4.42 Å². The van der Waals surface area contributed by atoms with Crippen molar-refractivity contribution in [1.82, 2.24) is 20.1 Å². The first-order chi connectivity index (χ1) is 16.7. The van der Waals surface area contributed by atoms with Gasteiger partial charge in [0.15, 0.2) is 11.6 Å². The molecule has 0 saturated heterocycles. The number of hydrogen-bond donors (Lipinski definition) is 1. The summed E-state index contributed by atoms with van der Waals surface area (Å²) in [5.41, 5.74) is 4.04. The fourth-order valence-corrected chi connectivity index (χ4v) is 3.92. The molecule has 6 nitrogen and oxygen atoms in total. The standard InChI is InChI=1S/C28H24N4O2/c1-20-10-8-15-23(18-20)32-27(25-16-9-17-34-25)30-26(31-32)28(33)29-24(22-13-6-3-7-14-22)19-21-11-4-2-5-12-21/h2-18,24H,19H2,1H3,(H,29,33). The van der Waals surface area contributed by atoms with Gasteiger partial charge in [0, 0.05) is 0 Å². The van der Waals surface area contributed by atoms with Crippen LogP contribution in [0.15, 0.2) is 108 Å². The highest BCUT2D eigenvalue weighted by atomic mass is 16.3. The van der Waals surface area contributed by atoms with Crippen LogP contribution >= 0.6 is 0 Å². The lowest BCUT2D eigenvalue weighted by atomic mass is 9.99. The molecule has 0 bridgehead atoms. The Balaban J connectivity index is 1.49. The number of hydrogen-bond acceptors (Lipinski definition) is 4. The number of nitrogens with one attached hydrogen (secondary N) is 1. The van der Waals surface area contributed by atoms with Crippen molar-refractivity contribution < 1.29 is 9.21 Å². The summed E-state index contributed by atoms with van der Waals surface area (Å²) < 4.78 is 7.23. The molecule has 2 heterocycles. The summed E-state index contributed by atoms with van der Waals surface area (Å²) in [4.78, 5) is 17.9. The molecule has 0 spiro atoms. The number of aromatic nitrogens is 3. The fraction of sp³-hybridized carbons (Fsp3) is 0.107. The molecule has 0 fully saturated rings. The SMILES string of the molecule is Cc1cccc(-n2nc(C(=O)NC(Cc3ccccc3)c3ccccc3)nc2-c2ccco2)c1. The first-order valence-corrected chi connectivity index (χ1v) is 11.1. The molecule has 0 aliphatic rings. The summed E-state index contributed by atoms with van der Waals surface area (Å²) in [5, 5.41) is 7.70. The van der Waals surface area contributed by atoms with Crippen LogP contribution in [-0.4, -0.2) is 20.7 Å². The number of carbonyl (C=O) groups is 1. The second-order valence-corrected chi connectivity index (χ2v) is 8.11. The average Bonchev–Trinajstić information content (AvgIpc) is 3.55. The van der Waals surface area contributed by atoms with Crippen molar-refractivity contribution in [2.75, 3.05) is 0 Å². The summed E-state index contributed by atoms with van der Waals surface area (Å²) in [6.45, 7) is 2.01. The molecule has 0 aliphatic carbocycles. The van der Waals surface area contributed by atoms with Crippen molar-refractivity contribution in [1.29, 1.82) is 0 Å². The average molecular weight is 449 g/mol. The Labute approximate surface area is 197 Å². The number of amides is 1. The molecule has 5 rings (SSSR count). The Morgan fingerprint density at radius 3 is 2.41 bits per heavy atom. The first kappa shape index (κ1) is 21.4. The minimum Gasteiger partial charge on any atom is -0.461 e. The molecule has 5 aromatic rings. The van der Waals surface area contributed by atoms with Gasteiger partial charge in [-0.1, -0.05) is 72.8 Å². The quantitative estimate of drug-likeness (QED) is 0.354. The maximum Gasteiger partial charge on any atom is 0.291 e. The van der Waals surface area contributed by atoms with Gasteiger partial charge in [-0.3, -0.25) is 4.79 Å². The molecular formula is C28H24N4O2. The van der Waals surface area contributed by atoms with E-state index in [1.807, 2.05) is 79.7 Å². The Morgan fingerprint density at radius 2 is 1.71 bits per heavy atom. The van der Waals surface area contributed by atoms with E-state index in [0.29, 0.717) is 18.0 Å². The van der Waals surface area contributed by atoms with Gasteiger partial charge in [0.25, 0.3) is 5.91 Å². The lowest BCUT2D eigenvalue weighted by molar-refractivity contribution is 0.0926. The van der Waals surface area contributed by atoms with E-state index in [0.717, 1.165) is 22.4 Å². The molecule has 1 atom stereocenters. The van der Waals surface area contributed by atoms with Gasteiger partial charge in [0.2, 0.25) is 5.82 Å². The Morgan fingerprint density at radius 1 is 0.941 bits per heavy atom. The third-order valence-corrected chi connectivity index (χ3v) is 5.59. The van der Waals surface area contributed by atoms with Gasteiger partial charge in [-0.15, -0.1) is 5.10 Å². The van der Waals surface area contributed by atoms with Gasteiger partial charge in [-0.2, -0.15) is 4.98 Å². The normalized spacial score (nSPS) is 11.8. The predicted molar refractivity (Wildman–Crippen MR) is 131 cm³/mol.